The highest BCUT2D eigenvalue weighted by Crippen LogP contribution is 2.26. The van der Waals surface area contributed by atoms with Gasteiger partial charge in [0.2, 0.25) is 0 Å². The summed E-state index contributed by atoms with van der Waals surface area (Å²) in [6.07, 6.45) is 0. The molecule has 2 amide bonds. The number of hydrogen-bond donors (Lipinski definition) is 4. The lowest BCUT2D eigenvalue weighted by molar-refractivity contribution is 0.0844. The number of hydrazine groups is 1. The number of hydrogen-bond acceptors (Lipinski definition) is 5. The van der Waals surface area contributed by atoms with E-state index < -0.39 is 27.7 Å². The number of carbonyl (C=O) groups is 2. The first kappa shape index (κ1) is 22.8. The molecule has 0 radical (unpaired) electrons. The molecule has 9 nitrogen and oxygen atoms in total. The van der Waals surface area contributed by atoms with Gasteiger partial charge in [-0.1, -0.05) is 24.3 Å². The molecule has 0 aliphatic rings. The minimum absolute atomic E-state index is 0.00843. The van der Waals surface area contributed by atoms with Crippen LogP contribution in [0, 0.1) is 5.82 Å². The van der Waals surface area contributed by atoms with E-state index in [1.807, 2.05) is 0 Å². The van der Waals surface area contributed by atoms with Gasteiger partial charge in [0, 0.05) is 16.5 Å². The van der Waals surface area contributed by atoms with Crippen LogP contribution in [0.5, 0.6) is 5.75 Å². The maximum Gasteiger partial charge on any atom is 0.286 e. The number of H-pyrrole nitrogens is 1. The Bertz CT molecular complexity index is 1500. The first-order chi connectivity index (χ1) is 16.3. The van der Waals surface area contributed by atoms with Crippen molar-refractivity contribution in [2.45, 2.75) is 4.90 Å². The van der Waals surface area contributed by atoms with E-state index in [9.17, 15) is 22.4 Å². The summed E-state index contributed by atoms with van der Waals surface area (Å²) in [5.74, 6) is -1.60. The summed E-state index contributed by atoms with van der Waals surface area (Å²) < 4.78 is 47.0. The summed E-state index contributed by atoms with van der Waals surface area (Å²) in [5.41, 5.74) is 5.13. The second-order valence-electron chi connectivity index (χ2n) is 7.13. The molecule has 0 saturated carbocycles. The molecule has 0 spiro atoms. The smallest absolute Gasteiger partial charge is 0.286 e. The van der Waals surface area contributed by atoms with Crippen LogP contribution >= 0.6 is 0 Å². The number of amides is 2. The molecule has 11 heteroatoms. The van der Waals surface area contributed by atoms with E-state index in [0.29, 0.717) is 11.3 Å². The van der Waals surface area contributed by atoms with E-state index in [2.05, 4.69) is 20.6 Å². The Morgan fingerprint density at radius 3 is 2.41 bits per heavy atom. The second-order valence-corrected chi connectivity index (χ2v) is 8.81. The topological polar surface area (TPSA) is 129 Å². The van der Waals surface area contributed by atoms with E-state index >= 15 is 0 Å². The summed E-state index contributed by atoms with van der Waals surface area (Å²) >= 11 is 0. The van der Waals surface area contributed by atoms with E-state index in [1.54, 1.807) is 30.3 Å². The highest BCUT2D eigenvalue weighted by atomic mass is 32.2. The zero-order valence-electron chi connectivity index (χ0n) is 17.8. The average Bonchev–Trinajstić information content (AvgIpc) is 3.28. The molecule has 4 rings (SSSR count). The summed E-state index contributed by atoms with van der Waals surface area (Å²) in [7, 11) is -2.62. The fraction of sp³-hybridized carbons (Fsp3) is 0.0435. The average molecular weight is 482 g/mol. The number of sulfonamides is 1. The predicted molar refractivity (Wildman–Crippen MR) is 123 cm³/mol. The standard InChI is InChI=1S/C23H19FN4O5S/c1-33-21-11-3-2-9-19(21)28-34(31,32)15-7-4-6-14(12-15)22(29)26-27-23(30)20-13-16-17(24)8-5-10-18(16)25-20/h2-13,25,28H,1H3,(H,26,29)(H,27,30). The van der Waals surface area contributed by atoms with Crippen molar-refractivity contribution < 1.29 is 27.1 Å². The van der Waals surface area contributed by atoms with Crippen LogP contribution in [0.2, 0.25) is 0 Å². The van der Waals surface area contributed by atoms with Crippen molar-refractivity contribution in [1.29, 1.82) is 0 Å². The van der Waals surface area contributed by atoms with Gasteiger partial charge in [-0.15, -0.1) is 0 Å². The van der Waals surface area contributed by atoms with E-state index in [4.69, 9.17) is 4.74 Å². The van der Waals surface area contributed by atoms with Crippen LogP contribution < -0.4 is 20.3 Å². The molecular formula is C23H19FN4O5S. The second kappa shape index (κ2) is 9.24. The Morgan fingerprint density at radius 2 is 1.65 bits per heavy atom. The zero-order valence-corrected chi connectivity index (χ0v) is 18.6. The van der Waals surface area contributed by atoms with Crippen LogP contribution in [0.4, 0.5) is 10.1 Å². The van der Waals surface area contributed by atoms with Gasteiger partial charge in [-0.05, 0) is 48.5 Å². The van der Waals surface area contributed by atoms with Gasteiger partial charge in [0.1, 0.15) is 17.3 Å². The molecule has 1 heterocycles. The molecule has 1 aromatic heterocycles. The lowest BCUT2D eigenvalue weighted by Gasteiger charge is -2.12. The van der Waals surface area contributed by atoms with Crippen LogP contribution in [-0.2, 0) is 10.0 Å². The van der Waals surface area contributed by atoms with Gasteiger partial charge >= 0.3 is 0 Å². The van der Waals surface area contributed by atoms with Crippen molar-refractivity contribution in [3.63, 3.8) is 0 Å². The molecule has 0 bridgehead atoms. The molecule has 0 aliphatic carbocycles. The molecule has 0 saturated heterocycles. The number of methoxy groups -OCH3 is 1. The number of halogens is 1. The molecule has 3 aromatic carbocycles. The number of carbonyl (C=O) groups excluding carboxylic acids is 2. The van der Waals surface area contributed by atoms with Crippen molar-refractivity contribution in [2.24, 2.45) is 0 Å². The van der Waals surface area contributed by atoms with Gasteiger partial charge in [-0.2, -0.15) is 0 Å². The van der Waals surface area contributed by atoms with Gasteiger partial charge in [0.25, 0.3) is 21.8 Å². The number of para-hydroxylation sites is 2. The summed E-state index contributed by atoms with van der Waals surface area (Å²) in [5, 5.41) is 0.236. The normalized spacial score (nSPS) is 11.1. The molecule has 0 unspecified atom stereocenters. The monoisotopic (exact) mass is 482 g/mol. The minimum atomic E-state index is -4.03. The van der Waals surface area contributed by atoms with Crippen molar-refractivity contribution >= 4 is 38.4 Å². The lowest BCUT2D eigenvalue weighted by atomic mass is 10.2. The fourth-order valence-electron chi connectivity index (χ4n) is 3.23. The predicted octanol–water partition coefficient (Wildman–Crippen LogP) is 3.19. The van der Waals surface area contributed by atoms with Gasteiger partial charge in [-0.3, -0.25) is 25.2 Å². The molecule has 0 atom stereocenters. The van der Waals surface area contributed by atoms with Gasteiger partial charge in [0.05, 0.1) is 17.7 Å². The van der Waals surface area contributed by atoms with Crippen molar-refractivity contribution in [2.75, 3.05) is 11.8 Å². The molecule has 4 N–H and O–H groups in total. The van der Waals surface area contributed by atoms with Crippen LogP contribution in [0.1, 0.15) is 20.8 Å². The zero-order chi connectivity index (χ0) is 24.3. The Hall–Kier alpha value is -4.38. The van der Waals surface area contributed by atoms with Crippen molar-refractivity contribution in [3.05, 3.63) is 89.9 Å². The lowest BCUT2D eigenvalue weighted by Crippen LogP contribution is -2.41. The van der Waals surface area contributed by atoms with Gasteiger partial charge in [0.15, 0.2) is 0 Å². The summed E-state index contributed by atoms with van der Waals surface area (Å²) in [6.45, 7) is 0. The largest absolute Gasteiger partial charge is 0.495 e. The summed E-state index contributed by atoms with van der Waals surface area (Å²) in [6, 6.07) is 17.5. The van der Waals surface area contributed by atoms with E-state index in [-0.39, 0.29) is 27.2 Å². The third-order valence-corrected chi connectivity index (χ3v) is 6.27. The maximum absolute atomic E-state index is 13.8. The Kier molecular flexibility index (Phi) is 6.19. The highest BCUT2D eigenvalue weighted by molar-refractivity contribution is 7.92. The molecule has 34 heavy (non-hydrogen) atoms. The number of ether oxygens (including phenoxy) is 1. The fourth-order valence-corrected chi connectivity index (χ4v) is 4.35. The maximum atomic E-state index is 13.8. The third kappa shape index (κ3) is 4.69. The molecule has 0 aliphatic heterocycles. The van der Waals surface area contributed by atoms with Crippen LogP contribution in [-0.4, -0.2) is 32.3 Å². The number of fused-ring (bicyclic) bond motifs is 1. The number of anilines is 1. The third-order valence-electron chi connectivity index (χ3n) is 4.90. The number of nitrogens with one attached hydrogen (secondary N) is 4. The van der Waals surface area contributed by atoms with Crippen molar-refractivity contribution in [3.8, 4) is 5.75 Å². The molecular weight excluding hydrogens is 463 g/mol. The van der Waals surface area contributed by atoms with E-state index in [0.717, 1.165) is 6.07 Å². The summed E-state index contributed by atoms with van der Waals surface area (Å²) in [4.78, 5) is 27.5. The SMILES string of the molecule is COc1ccccc1NS(=O)(=O)c1cccc(C(=O)NNC(=O)c2cc3c(F)cccc3[nH]2)c1. The highest BCUT2D eigenvalue weighted by Gasteiger charge is 2.19. The quantitative estimate of drug-likeness (QED) is 0.314. The van der Waals surface area contributed by atoms with Crippen LogP contribution in [0.3, 0.4) is 0 Å². The van der Waals surface area contributed by atoms with Crippen LogP contribution in [0.25, 0.3) is 10.9 Å². The molecule has 0 fully saturated rings. The van der Waals surface area contributed by atoms with Gasteiger partial charge in [-0.25, -0.2) is 12.8 Å². The van der Waals surface area contributed by atoms with Crippen molar-refractivity contribution in [1.82, 2.24) is 15.8 Å². The molecule has 4 aromatic rings. The Morgan fingerprint density at radius 1 is 0.912 bits per heavy atom. The number of benzene rings is 3. The van der Waals surface area contributed by atoms with E-state index in [1.165, 1.54) is 43.5 Å². The minimum Gasteiger partial charge on any atom is -0.495 e. The van der Waals surface area contributed by atoms with Crippen LogP contribution in [0.15, 0.2) is 77.7 Å². The first-order valence-corrected chi connectivity index (χ1v) is 11.4. The Balaban J connectivity index is 1.47. The Labute approximate surface area is 194 Å². The molecule has 174 valence electrons. The number of aromatic amines is 1. The number of aromatic nitrogens is 1. The van der Waals surface area contributed by atoms with Gasteiger partial charge < -0.3 is 9.72 Å². The first-order valence-electron chi connectivity index (χ1n) is 9.92. The number of rotatable bonds is 6.